The first-order valence-corrected chi connectivity index (χ1v) is 11.2. The Labute approximate surface area is 180 Å². The maximum Gasteiger partial charge on any atom is 0.261 e. The Hall–Kier alpha value is -3.65. The lowest BCUT2D eigenvalue weighted by molar-refractivity contribution is 0.102. The van der Waals surface area contributed by atoms with Crippen LogP contribution in [-0.2, 0) is 10.0 Å². The lowest BCUT2D eigenvalue weighted by atomic mass is 10.2. The fourth-order valence-corrected chi connectivity index (χ4v) is 4.04. The zero-order valence-corrected chi connectivity index (χ0v) is 17.8. The summed E-state index contributed by atoms with van der Waals surface area (Å²) in [5.74, 6) is 0.447. The second kappa shape index (κ2) is 8.23. The molecule has 4 rings (SSSR count). The number of fused-ring (bicyclic) bond motifs is 1. The maximum absolute atomic E-state index is 12.6. The van der Waals surface area contributed by atoms with E-state index in [-0.39, 0.29) is 16.7 Å². The van der Waals surface area contributed by atoms with Crippen molar-refractivity contribution in [1.82, 2.24) is 4.98 Å². The van der Waals surface area contributed by atoms with Crippen LogP contribution in [0.4, 0.5) is 11.4 Å². The van der Waals surface area contributed by atoms with Crippen molar-refractivity contribution >= 4 is 38.4 Å². The van der Waals surface area contributed by atoms with E-state index in [1.54, 1.807) is 48.5 Å². The molecule has 0 bridgehead atoms. The molecular weight excluding hydrogens is 414 g/mol. The van der Waals surface area contributed by atoms with Crippen LogP contribution in [0.15, 0.2) is 82.1 Å². The number of anilines is 2. The van der Waals surface area contributed by atoms with Crippen LogP contribution in [0.1, 0.15) is 36.0 Å². The van der Waals surface area contributed by atoms with Gasteiger partial charge in [-0.05, 0) is 54.6 Å². The first-order valence-electron chi connectivity index (χ1n) is 9.71. The van der Waals surface area contributed by atoms with Gasteiger partial charge < -0.3 is 9.73 Å². The third kappa shape index (κ3) is 4.59. The van der Waals surface area contributed by atoms with Gasteiger partial charge >= 0.3 is 0 Å². The van der Waals surface area contributed by atoms with Crippen LogP contribution in [0.25, 0.3) is 11.1 Å². The molecule has 1 aromatic heterocycles. The molecule has 2 N–H and O–H groups in total. The Morgan fingerprint density at radius 2 is 1.65 bits per heavy atom. The van der Waals surface area contributed by atoms with Crippen LogP contribution in [0.3, 0.4) is 0 Å². The van der Waals surface area contributed by atoms with Crippen molar-refractivity contribution in [3.63, 3.8) is 0 Å². The molecule has 4 aromatic rings. The van der Waals surface area contributed by atoms with E-state index < -0.39 is 10.0 Å². The van der Waals surface area contributed by atoms with Gasteiger partial charge in [0.2, 0.25) is 0 Å². The highest BCUT2D eigenvalue weighted by atomic mass is 32.2. The van der Waals surface area contributed by atoms with E-state index in [9.17, 15) is 13.2 Å². The van der Waals surface area contributed by atoms with Gasteiger partial charge in [0, 0.05) is 22.9 Å². The summed E-state index contributed by atoms with van der Waals surface area (Å²) >= 11 is 0. The van der Waals surface area contributed by atoms with E-state index in [1.165, 1.54) is 24.3 Å². The number of sulfonamides is 1. The van der Waals surface area contributed by atoms with Crippen LogP contribution in [-0.4, -0.2) is 19.3 Å². The fourth-order valence-electron chi connectivity index (χ4n) is 2.98. The molecule has 0 atom stereocenters. The first kappa shape index (κ1) is 20.6. The van der Waals surface area contributed by atoms with Crippen LogP contribution in [0, 0.1) is 0 Å². The molecule has 0 aliphatic heterocycles. The van der Waals surface area contributed by atoms with Crippen LogP contribution in [0.2, 0.25) is 0 Å². The molecule has 0 saturated heterocycles. The summed E-state index contributed by atoms with van der Waals surface area (Å²) in [4.78, 5) is 17.1. The van der Waals surface area contributed by atoms with Crippen molar-refractivity contribution < 1.29 is 17.6 Å². The third-order valence-corrected chi connectivity index (χ3v) is 6.01. The van der Waals surface area contributed by atoms with Gasteiger partial charge in [-0.2, -0.15) is 0 Å². The average Bonchev–Trinajstić information content (AvgIpc) is 3.18. The van der Waals surface area contributed by atoms with Crippen molar-refractivity contribution in [2.75, 3.05) is 10.0 Å². The fraction of sp³-hybridized carbons (Fsp3) is 0.130. The van der Waals surface area contributed by atoms with Crippen molar-refractivity contribution in [2.45, 2.75) is 24.7 Å². The molecule has 1 amide bonds. The van der Waals surface area contributed by atoms with Gasteiger partial charge in [-0.1, -0.05) is 32.0 Å². The predicted octanol–water partition coefficient (Wildman–Crippen LogP) is 5.00. The third-order valence-electron chi connectivity index (χ3n) is 4.61. The lowest BCUT2D eigenvalue weighted by Crippen LogP contribution is -2.14. The number of aromatic nitrogens is 1. The zero-order valence-electron chi connectivity index (χ0n) is 17.0. The number of nitrogens with zero attached hydrogens (tertiary/aromatic N) is 1. The summed E-state index contributed by atoms with van der Waals surface area (Å²) in [6, 6.07) is 19.6. The summed E-state index contributed by atoms with van der Waals surface area (Å²) in [5, 5.41) is 2.80. The van der Waals surface area contributed by atoms with Crippen LogP contribution < -0.4 is 10.0 Å². The zero-order chi connectivity index (χ0) is 22.0. The molecule has 0 spiro atoms. The number of carbonyl (C=O) groups is 1. The first-order chi connectivity index (χ1) is 14.8. The molecule has 0 aliphatic rings. The van der Waals surface area contributed by atoms with E-state index in [1.807, 2.05) is 13.8 Å². The van der Waals surface area contributed by atoms with E-state index in [2.05, 4.69) is 15.0 Å². The Balaban J connectivity index is 1.49. The van der Waals surface area contributed by atoms with Gasteiger partial charge in [-0.3, -0.25) is 9.52 Å². The molecule has 0 aliphatic carbocycles. The summed E-state index contributed by atoms with van der Waals surface area (Å²) in [6.45, 7) is 3.99. The number of rotatable bonds is 6. The summed E-state index contributed by atoms with van der Waals surface area (Å²) in [7, 11) is -3.74. The van der Waals surface area contributed by atoms with Gasteiger partial charge in [0.05, 0.1) is 4.90 Å². The number of amides is 1. The number of hydrogen-bond donors (Lipinski definition) is 2. The molecule has 31 heavy (non-hydrogen) atoms. The number of hydrogen-bond acceptors (Lipinski definition) is 5. The van der Waals surface area contributed by atoms with Gasteiger partial charge in [-0.15, -0.1) is 0 Å². The lowest BCUT2D eigenvalue weighted by Gasteiger charge is -2.09. The van der Waals surface area contributed by atoms with Gasteiger partial charge in [-0.25, -0.2) is 13.4 Å². The number of nitrogens with one attached hydrogen (secondary N) is 2. The highest BCUT2D eigenvalue weighted by Crippen LogP contribution is 2.24. The van der Waals surface area contributed by atoms with E-state index in [0.29, 0.717) is 33.9 Å². The maximum atomic E-state index is 12.6. The van der Waals surface area contributed by atoms with Gasteiger partial charge in [0.1, 0.15) is 5.52 Å². The summed E-state index contributed by atoms with van der Waals surface area (Å²) in [6.07, 6.45) is 0. The molecule has 7 nitrogen and oxygen atoms in total. The van der Waals surface area contributed by atoms with Crippen molar-refractivity contribution in [2.24, 2.45) is 0 Å². The van der Waals surface area contributed by atoms with E-state index in [0.717, 1.165) is 0 Å². The average molecular weight is 436 g/mol. The number of carbonyl (C=O) groups excluding carboxylic acids is 1. The molecule has 158 valence electrons. The highest BCUT2D eigenvalue weighted by molar-refractivity contribution is 7.92. The minimum Gasteiger partial charge on any atom is -0.440 e. The summed E-state index contributed by atoms with van der Waals surface area (Å²) < 4.78 is 33.2. The van der Waals surface area contributed by atoms with E-state index >= 15 is 0 Å². The summed E-state index contributed by atoms with van der Waals surface area (Å²) in [5.41, 5.74) is 2.69. The SMILES string of the molecule is CC(C)c1nc2cc(NC(=O)c3ccc(S(=O)(=O)Nc4ccccc4)cc3)ccc2o1. The molecule has 8 heteroatoms. The van der Waals surface area contributed by atoms with Gasteiger partial charge in [0.15, 0.2) is 11.5 Å². The van der Waals surface area contributed by atoms with Crippen LogP contribution >= 0.6 is 0 Å². The van der Waals surface area contributed by atoms with Crippen molar-refractivity contribution in [3.8, 4) is 0 Å². The van der Waals surface area contributed by atoms with Gasteiger partial charge in [0.25, 0.3) is 15.9 Å². The van der Waals surface area contributed by atoms with E-state index in [4.69, 9.17) is 4.42 Å². The number of para-hydroxylation sites is 1. The monoisotopic (exact) mass is 435 g/mol. The van der Waals surface area contributed by atoms with Crippen molar-refractivity contribution in [3.05, 3.63) is 84.3 Å². The molecule has 1 heterocycles. The second-order valence-electron chi connectivity index (χ2n) is 7.34. The topological polar surface area (TPSA) is 101 Å². The molecule has 0 unspecified atom stereocenters. The quantitative estimate of drug-likeness (QED) is 0.444. The molecular formula is C23H21N3O4S. The smallest absolute Gasteiger partial charge is 0.261 e. The number of oxazole rings is 1. The van der Waals surface area contributed by atoms with Crippen LogP contribution in [0.5, 0.6) is 0 Å². The second-order valence-corrected chi connectivity index (χ2v) is 9.02. The number of benzene rings is 3. The largest absolute Gasteiger partial charge is 0.440 e. The minimum absolute atomic E-state index is 0.0677. The van der Waals surface area contributed by atoms with Crippen molar-refractivity contribution in [1.29, 1.82) is 0 Å². The molecule has 0 saturated carbocycles. The minimum atomic E-state index is -3.74. The Kier molecular flexibility index (Phi) is 5.48. The molecule has 0 fully saturated rings. The molecule has 0 radical (unpaired) electrons. The predicted molar refractivity (Wildman–Crippen MR) is 120 cm³/mol. The highest BCUT2D eigenvalue weighted by Gasteiger charge is 2.16. The Morgan fingerprint density at radius 3 is 2.32 bits per heavy atom. The Bertz CT molecular complexity index is 1330. The standard InChI is InChI=1S/C23H21N3O4S/c1-15(2)23-25-20-14-18(10-13-21(20)30-23)24-22(27)16-8-11-19(12-9-16)31(28,29)26-17-6-4-3-5-7-17/h3-15,26H,1-2H3,(H,24,27). The normalized spacial score (nSPS) is 11.6. The Morgan fingerprint density at radius 1 is 0.935 bits per heavy atom. The molecule has 3 aromatic carbocycles.